The first-order valence-corrected chi connectivity index (χ1v) is 6.82. The normalized spacial score (nSPS) is 11.8. The van der Waals surface area contributed by atoms with Crippen LogP contribution in [0.3, 0.4) is 0 Å². The fourth-order valence-electron chi connectivity index (χ4n) is 1.63. The topological polar surface area (TPSA) is 38.9 Å². The zero-order valence-corrected chi connectivity index (χ0v) is 11.4. The number of rotatable bonds is 4. The summed E-state index contributed by atoms with van der Waals surface area (Å²) in [6.07, 6.45) is 1.70. The second-order valence-electron chi connectivity index (χ2n) is 5.11. The van der Waals surface area contributed by atoms with Gasteiger partial charge in [0.05, 0.1) is 5.69 Å². The number of halogens is 1. The maximum Gasteiger partial charge on any atom is 0.133 e. The third-order valence-corrected chi connectivity index (χ3v) is 3.61. The summed E-state index contributed by atoms with van der Waals surface area (Å²) in [5, 5.41) is 2.71. The summed E-state index contributed by atoms with van der Waals surface area (Å²) in [5.41, 5.74) is 7.30. The number of thiazole rings is 1. The van der Waals surface area contributed by atoms with Crippen molar-refractivity contribution in [1.82, 2.24) is 4.98 Å². The molecule has 0 saturated heterocycles. The van der Waals surface area contributed by atoms with Crippen LogP contribution in [0.1, 0.15) is 26.0 Å². The van der Waals surface area contributed by atoms with Crippen LogP contribution in [0.2, 0.25) is 0 Å². The van der Waals surface area contributed by atoms with Crippen LogP contribution in [0.25, 0.3) is 10.6 Å². The third-order valence-electron chi connectivity index (χ3n) is 2.68. The largest absolute Gasteiger partial charge is 0.326 e. The quantitative estimate of drug-likeness (QED) is 0.916. The van der Waals surface area contributed by atoms with Gasteiger partial charge in [-0.25, -0.2) is 9.37 Å². The first kappa shape index (κ1) is 13.2. The van der Waals surface area contributed by atoms with Gasteiger partial charge in [-0.2, -0.15) is 0 Å². The van der Waals surface area contributed by atoms with Gasteiger partial charge in [-0.15, -0.1) is 11.3 Å². The Hall–Kier alpha value is -1.26. The molecule has 0 unspecified atom stereocenters. The van der Waals surface area contributed by atoms with Gasteiger partial charge in [-0.05, 0) is 38.8 Å². The van der Waals surface area contributed by atoms with Gasteiger partial charge in [0.15, 0.2) is 0 Å². The van der Waals surface area contributed by atoms with E-state index < -0.39 is 0 Å². The molecule has 4 heteroatoms. The summed E-state index contributed by atoms with van der Waals surface area (Å²) in [7, 11) is 0. The number of aromatic nitrogens is 1. The average molecular weight is 264 g/mol. The highest BCUT2D eigenvalue weighted by Crippen LogP contribution is 2.26. The minimum absolute atomic E-state index is 0.193. The highest BCUT2D eigenvalue weighted by atomic mass is 32.1. The van der Waals surface area contributed by atoms with Crippen LogP contribution in [0, 0.1) is 5.82 Å². The van der Waals surface area contributed by atoms with Crippen LogP contribution in [0.5, 0.6) is 0 Å². The number of nitrogens with zero attached hydrogens (tertiary/aromatic N) is 1. The van der Waals surface area contributed by atoms with Crippen LogP contribution in [0.15, 0.2) is 29.6 Å². The lowest BCUT2D eigenvalue weighted by Crippen LogP contribution is -2.32. The standard InChI is InChI=1S/C14H17FN2S/c1-14(2,16)8-7-10-9-18-13(17-10)11-5-3-4-6-12(11)15/h3-6,9H,7-8,16H2,1-2H3. The predicted molar refractivity (Wildman–Crippen MR) is 74.1 cm³/mol. The molecule has 0 amide bonds. The minimum atomic E-state index is -0.224. The fraction of sp³-hybridized carbons (Fsp3) is 0.357. The van der Waals surface area contributed by atoms with Crippen molar-refractivity contribution in [2.75, 3.05) is 0 Å². The molecule has 0 atom stereocenters. The molecule has 0 spiro atoms. The molecule has 18 heavy (non-hydrogen) atoms. The number of hydrogen-bond donors (Lipinski definition) is 1. The van der Waals surface area contributed by atoms with Gasteiger partial charge in [-0.1, -0.05) is 12.1 Å². The van der Waals surface area contributed by atoms with E-state index in [4.69, 9.17) is 5.73 Å². The van der Waals surface area contributed by atoms with Crippen molar-refractivity contribution in [1.29, 1.82) is 0 Å². The maximum absolute atomic E-state index is 13.6. The Balaban J connectivity index is 2.14. The second-order valence-corrected chi connectivity index (χ2v) is 5.97. The van der Waals surface area contributed by atoms with Crippen LogP contribution in [0.4, 0.5) is 4.39 Å². The van der Waals surface area contributed by atoms with Crippen LogP contribution >= 0.6 is 11.3 Å². The van der Waals surface area contributed by atoms with Gasteiger partial charge >= 0.3 is 0 Å². The van der Waals surface area contributed by atoms with Crippen molar-refractivity contribution in [2.24, 2.45) is 5.73 Å². The van der Waals surface area contributed by atoms with E-state index in [9.17, 15) is 4.39 Å². The Morgan fingerprint density at radius 2 is 2.06 bits per heavy atom. The molecule has 2 aromatic rings. The van der Waals surface area contributed by atoms with Gasteiger partial charge < -0.3 is 5.73 Å². The summed E-state index contributed by atoms with van der Waals surface area (Å²) in [6.45, 7) is 3.99. The van der Waals surface area contributed by atoms with Gasteiger partial charge in [-0.3, -0.25) is 0 Å². The molecule has 2 rings (SSSR count). The van der Waals surface area contributed by atoms with E-state index in [1.165, 1.54) is 17.4 Å². The van der Waals surface area contributed by atoms with Crippen LogP contribution in [-0.2, 0) is 6.42 Å². The predicted octanol–water partition coefficient (Wildman–Crippen LogP) is 3.62. The molecule has 0 aliphatic rings. The molecule has 0 bridgehead atoms. The Morgan fingerprint density at radius 1 is 1.33 bits per heavy atom. The van der Waals surface area contributed by atoms with Crippen molar-refractivity contribution in [3.05, 3.63) is 41.2 Å². The molecular formula is C14H17FN2S. The maximum atomic E-state index is 13.6. The summed E-state index contributed by atoms with van der Waals surface area (Å²) >= 11 is 1.48. The van der Waals surface area contributed by atoms with E-state index in [0.717, 1.165) is 23.5 Å². The van der Waals surface area contributed by atoms with Crippen molar-refractivity contribution >= 4 is 11.3 Å². The van der Waals surface area contributed by atoms with E-state index in [-0.39, 0.29) is 11.4 Å². The van der Waals surface area contributed by atoms with Crippen molar-refractivity contribution in [3.8, 4) is 10.6 Å². The first-order chi connectivity index (χ1) is 8.46. The van der Waals surface area contributed by atoms with Crippen LogP contribution in [-0.4, -0.2) is 10.5 Å². The van der Waals surface area contributed by atoms with Gasteiger partial charge in [0.1, 0.15) is 10.8 Å². The molecule has 1 heterocycles. The molecule has 1 aromatic heterocycles. The fourth-order valence-corrected chi connectivity index (χ4v) is 2.51. The Morgan fingerprint density at radius 3 is 2.72 bits per heavy atom. The highest BCUT2D eigenvalue weighted by Gasteiger charge is 2.13. The molecule has 0 aliphatic heterocycles. The van der Waals surface area contributed by atoms with Crippen molar-refractivity contribution in [2.45, 2.75) is 32.2 Å². The highest BCUT2D eigenvalue weighted by molar-refractivity contribution is 7.13. The number of hydrogen-bond acceptors (Lipinski definition) is 3. The second kappa shape index (κ2) is 5.16. The molecule has 0 aliphatic carbocycles. The van der Waals surface area contributed by atoms with E-state index in [0.29, 0.717) is 5.56 Å². The number of nitrogens with two attached hydrogens (primary N) is 1. The van der Waals surface area contributed by atoms with Gasteiger partial charge in [0.25, 0.3) is 0 Å². The Labute approximate surface area is 111 Å². The summed E-state index contributed by atoms with van der Waals surface area (Å²) in [6, 6.07) is 6.72. The third kappa shape index (κ3) is 3.37. The average Bonchev–Trinajstić information content (AvgIpc) is 2.75. The number of aryl methyl sites for hydroxylation is 1. The van der Waals surface area contributed by atoms with E-state index in [1.807, 2.05) is 25.3 Å². The zero-order valence-electron chi connectivity index (χ0n) is 10.6. The molecule has 1 aromatic carbocycles. The van der Waals surface area contributed by atoms with E-state index >= 15 is 0 Å². The van der Waals surface area contributed by atoms with Gasteiger partial charge in [0, 0.05) is 16.5 Å². The minimum Gasteiger partial charge on any atom is -0.326 e. The Bertz CT molecular complexity index is 529. The number of benzene rings is 1. The lowest BCUT2D eigenvalue weighted by Gasteiger charge is -2.16. The molecule has 0 saturated carbocycles. The summed E-state index contributed by atoms with van der Waals surface area (Å²) < 4.78 is 13.6. The summed E-state index contributed by atoms with van der Waals surface area (Å²) in [4.78, 5) is 4.47. The monoisotopic (exact) mass is 264 g/mol. The van der Waals surface area contributed by atoms with Crippen molar-refractivity contribution < 1.29 is 4.39 Å². The first-order valence-electron chi connectivity index (χ1n) is 5.94. The molecule has 2 N–H and O–H groups in total. The molecular weight excluding hydrogens is 247 g/mol. The lowest BCUT2D eigenvalue weighted by atomic mass is 9.99. The van der Waals surface area contributed by atoms with Crippen molar-refractivity contribution in [3.63, 3.8) is 0 Å². The van der Waals surface area contributed by atoms with Gasteiger partial charge in [0.2, 0.25) is 0 Å². The molecule has 0 radical (unpaired) electrons. The lowest BCUT2D eigenvalue weighted by molar-refractivity contribution is 0.475. The van der Waals surface area contributed by atoms with Crippen LogP contribution < -0.4 is 5.73 Å². The smallest absolute Gasteiger partial charge is 0.133 e. The zero-order chi connectivity index (χ0) is 13.2. The van der Waals surface area contributed by atoms with E-state index in [2.05, 4.69) is 4.98 Å². The summed E-state index contributed by atoms with van der Waals surface area (Å²) in [5.74, 6) is -0.224. The SMILES string of the molecule is CC(C)(N)CCc1csc(-c2ccccc2F)n1. The Kier molecular flexibility index (Phi) is 3.78. The molecule has 2 nitrogen and oxygen atoms in total. The van der Waals surface area contributed by atoms with E-state index in [1.54, 1.807) is 12.1 Å². The molecule has 0 fully saturated rings. The molecule has 96 valence electrons.